The van der Waals surface area contributed by atoms with Gasteiger partial charge in [-0.3, -0.25) is 9.88 Å². The molecule has 0 radical (unpaired) electrons. The molecule has 3 aromatic rings. The topological polar surface area (TPSA) is 57.6 Å². The number of fused-ring (bicyclic) bond motifs is 1. The first-order valence-corrected chi connectivity index (χ1v) is 9.56. The third kappa shape index (κ3) is 4.24. The predicted molar refractivity (Wildman–Crippen MR) is 108 cm³/mol. The standard InChI is InChI=1S/C22H24FN3O2/c23-20-5-4-16(12-22(20)28-11-10-27)14-26-9-7-18(15-26)25-21-3-1-2-17-13-24-8-6-19(17)21/h1-6,8,12-13,18,25,27H,7,9-11,14-15H2. The van der Waals surface area contributed by atoms with Crippen molar-refractivity contribution in [3.63, 3.8) is 0 Å². The third-order valence-corrected chi connectivity index (χ3v) is 5.06. The second-order valence-electron chi connectivity index (χ2n) is 7.10. The third-order valence-electron chi connectivity index (χ3n) is 5.06. The summed E-state index contributed by atoms with van der Waals surface area (Å²) in [5.74, 6) is -0.201. The number of hydrogen-bond donors (Lipinski definition) is 2. The van der Waals surface area contributed by atoms with Crippen molar-refractivity contribution in [2.24, 2.45) is 0 Å². The number of hydrogen-bond acceptors (Lipinski definition) is 5. The largest absolute Gasteiger partial charge is 0.488 e. The molecule has 1 unspecified atom stereocenters. The first kappa shape index (κ1) is 18.7. The van der Waals surface area contributed by atoms with Gasteiger partial charge in [-0.25, -0.2) is 4.39 Å². The fraction of sp³-hybridized carbons (Fsp3) is 0.318. The van der Waals surface area contributed by atoms with Crippen LogP contribution in [0.5, 0.6) is 5.75 Å². The van der Waals surface area contributed by atoms with Crippen molar-refractivity contribution in [3.8, 4) is 5.75 Å². The summed E-state index contributed by atoms with van der Waals surface area (Å²) in [6.07, 6.45) is 4.75. The Morgan fingerprint density at radius 1 is 1.25 bits per heavy atom. The molecule has 1 aliphatic rings. The van der Waals surface area contributed by atoms with E-state index in [4.69, 9.17) is 9.84 Å². The van der Waals surface area contributed by atoms with Crippen molar-refractivity contribution >= 4 is 16.5 Å². The molecule has 2 N–H and O–H groups in total. The zero-order valence-corrected chi connectivity index (χ0v) is 15.6. The SMILES string of the molecule is OCCOc1cc(CN2CCC(Nc3cccc4cnccc34)C2)ccc1F. The van der Waals surface area contributed by atoms with Gasteiger partial charge in [0, 0.05) is 54.5 Å². The van der Waals surface area contributed by atoms with E-state index in [0.29, 0.717) is 6.04 Å². The van der Waals surface area contributed by atoms with Crippen molar-refractivity contribution in [1.82, 2.24) is 9.88 Å². The Kier molecular flexibility index (Phi) is 5.69. The second kappa shape index (κ2) is 8.54. The number of nitrogens with one attached hydrogen (secondary N) is 1. The van der Waals surface area contributed by atoms with E-state index >= 15 is 0 Å². The van der Waals surface area contributed by atoms with Crippen LogP contribution in [0.1, 0.15) is 12.0 Å². The minimum absolute atomic E-state index is 0.0939. The van der Waals surface area contributed by atoms with Crippen LogP contribution in [-0.2, 0) is 6.54 Å². The Labute approximate surface area is 163 Å². The molecular formula is C22H24FN3O2. The fourth-order valence-electron chi connectivity index (χ4n) is 3.73. The van der Waals surface area contributed by atoms with Crippen LogP contribution in [0, 0.1) is 5.82 Å². The summed E-state index contributed by atoms with van der Waals surface area (Å²) < 4.78 is 19.1. The van der Waals surface area contributed by atoms with E-state index in [9.17, 15) is 4.39 Å². The van der Waals surface area contributed by atoms with E-state index in [2.05, 4.69) is 27.3 Å². The molecule has 4 rings (SSSR count). The van der Waals surface area contributed by atoms with E-state index in [1.807, 2.05) is 24.5 Å². The summed E-state index contributed by atoms with van der Waals surface area (Å²) in [6.45, 7) is 2.61. The average Bonchev–Trinajstić information content (AvgIpc) is 3.15. The Morgan fingerprint density at radius 3 is 3.07 bits per heavy atom. The van der Waals surface area contributed by atoms with Gasteiger partial charge in [-0.15, -0.1) is 0 Å². The summed E-state index contributed by atoms with van der Waals surface area (Å²) in [5, 5.41) is 14.8. The summed E-state index contributed by atoms with van der Waals surface area (Å²) in [5.41, 5.74) is 2.14. The minimum atomic E-state index is -0.399. The monoisotopic (exact) mass is 381 g/mol. The first-order valence-electron chi connectivity index (χ1n) is 9.56. The summed E-state index contributed by atoms with van der Waals surface area (Å²) >= 11 is 0. The van der Waals surface area contributed by atoms with Crippen LogP contribution >= 0.6 is 0 Å². The molecule has 1 fully saturated rings. The molecule has 2 heterocycles. The van der Waals surface area contributed by atoms with Crippen LogP contribution in [0.3, 0.4) is 0 Å². The predicted octanol–water partition coefficient (Wildman–Crippen LogP) is 3.43. The fourth-order valence-corrected chi connectivity index (χ4v) is 3.73. The number of nitrogens with zero attached hydrogens (tertiary/aromatic N) is 2. The van der Waals surface area contributed by atoms with Gasteiger partial charge in [-0.2, -0.15) is 0 Å². The minimum Gasteiger partial charge on any atom is -0.488 e. The maximum absolute atomic E-state index is 13.8. The zero-order chi connectivity index (χ0) is 19.3. The van der Waals surface area contributed by atoms with Crippen LogP contribution < -0.4 is 10.1 Å². The number of rotatable bonds is 7. The van der Waals surface area contributed by atoms with Crippen molar-refractivity contribution in [2.45, 2.75) is 19.0 Å². The van der Waals surface area contributed by atoms with Gasteiger partial charge in [0.2, 0.25) is 0 Å². The van der Waals surface area contributed by atoms with E-state index < -0.39 is 5.82 Å². The lowest BCUT2D eigenvalue weighted by atomic mass is 10.1. The molecule has 1 aliphatic heterocycles. The maximum atomic E-state index is 13.8. The van der Waals surface area contributed by atoms with E-state index in [-0.39, 0.29) is 19.0 Å². The van der Waals surface area contributed by atoms with Gasteiger partial charge >= 0.3 is 0 Å². The van der Waals surface area contributed by atoms with Crippen molar-refractivity contribution in [3.05, 3.63) is 66.2 Å². The molecule has 0 aliphatic carbocycles. The second-order valence-corrected chi connectivity index (χ2v) is 7.10. The highest BCUT2D eigenvalue weighted by Crippen LogP contribution is 2.26. The molecule has 28 heavy (non-hydrogen) atoms. The van der Waals surface area contributed by atoms with E-state index in [1.165, 1.54) is 11.5 Å². The number of aliphatic hydroxyl groups is 1. The lowest BCUT2D eigenvalue weighted by Gasteiger charge is -2.19. The van der Waals surface area contributed by atoms with Crippen LogP contribution in [0.2, 0.25) is 0 Å². The molecule has 146 valence electrons. The van der Waals surface area contributed by atoms with Crippen LogP contribution in [0.25, 0.3) is 10.8 Å². The number of anilines is 1. The Hall–Kier alpha value is -2.70. The highest BCUT2D eigenvalue weighted by Gasteiger charge is 2.23. The van der Waals surface area contributed by atoms with Gasteiger partial charge in [0.05, 0.1) is 6.61 Å². The normalized spacial score (nSPS) is 17.1. The van der Waals surface area contributed by atoms with Gasteiger partial charge in [-0.1, -0.05) is 18.2 Å². The highest BCUT2D eigenvalue weighted by molar-refractivity contribution is 5.93. The quantitative estimate of drug-likeness (QED) is 0.657. The molecule has 0 amide bonds. The molecule has 0 bridgehead atoms. The number of likely N-dealkylation sites (tertiary alicyclic amines) is 1. The number of aliphatic hydroxyl groups excluding tert-OH is 1. The number of benzene rings is 2. The smallest absolute Gasteiger partial charge is 0.165 e. The van der Waals surface area contributed by atoms with Crippen LogP contribution in [0.15, 0.2) is 54.9 Å². The Balaban J connectivity index is 1.39. The first-order chi connectivity index (χ1) is 13.7. The van der Waals surface area contributed by atoms with Gasteiger partial charge in [0.15, 0.2) is 11.6 Å². The van der Waals surface area contributed by atoms with Crippen molar-refractivity contribution in [2.75, 3.05) is 31.6 Å². The summed E-state index contributed by atoms with van der Waals surface area (Å²) in [7, 11) is 0. The summed E-state index contributed by atoms with van der Waals surface area (Å²) in [4.78, 5) is 6.54. The molecule has 5 nitrogen and oxygen atoms in total. The zero-order valence-electron chi connectivity index (χ0n) is 15.6. The van der Waals surface area contributed by atoms with Gasteiger partial charge in [-0.05, 0) is 36.2 Å². The molecule has 6 heteroatoms. The van der Waals surface area contributed by atoms with Crippen molar-refractivity contribution < 1.29 is 14.2 Å². The maximum Gasteiger partial charge on any atom is 0.165 e. The van der Waals surface area contributed by atoms with E-state index in [0.717, 1.165) is 42.7 Å². The number of halogens is 1. The lowest BCUT2D eigenvalue weighted by molar-refractivity contribution is 0.196. The van der Waals surface area contributed by atoms with E-state index in [1.54, 1.807) is 12.1 Å². The average molecular weight is 381 g/mol. The van der Waals surface area contributed by atoms with Gasteiger partial charge in [0.25, 0.3) is 0 Å². The number of aromatic nitrogens is 1. The van der Waals surface area contributed by atoms with Crippen molar-refractivity contribution in [1.29, 1.82) is 0 Å². The Bertz CT molecular complexity index is 945. The van der Waals surface area contributed by atoms with Gasteiger partial charge < -0.3 is 15.2 Å². The number of ether oxygens (including phenoxy) is 1. The molecule has 1 saturated heterocycles. The summed E-state index contributed by atoms with van der Waals surface area (Å²) in [6, 6.07) is 13.6. The van der Waals surface area contributed by atoms with Crippen LogP contribution in [0.4, 0.5) is 10.1 Å². The molecule has 1 aromatic heterocycles. The molecule has 0 spiro atoms. The highest BCUT2D eigenvalue weighted by atomic mass is 19.1. The molecule has 2 aromatic carbocycles. The molecular weight excluding hydrogens is 357 g/mol. The molecule has 1 atom stereocenters. The van der Waals surface area contributed by atoms with Crippen LogP contribution in [-0.4, -0.2) is 47.3 Å². The lowest BCUT2D eigenvalue weighted by Crippen LogP contribution is -2.26. The number of pyridine rings is 1. The molecule has 0 saturated carbocycles. The van der Waals surface area contributed by atoms with Gasteiger partial charge in [0.1, 0.15) is 6.61 Å². The Morgan fingerprint density at radius 2 is 2.18 bits per heavy atom.